The number of benzene rings is 2. The summed E-state index contributed by atoms with van der Waals surface area (Å²) in [5.74, 6) is 0.538. The Kier molecular flexibility index (Phi) is 8.07. The molecule has 0 aromatic heterocycles. The van der Waals surface area contributed by atoms with Gasteiger partial charge in [0.15, 0.2) is 11.6 Å². The monoisotopic (exact) mass is 377 g/mol. The molecule has 2 N–H and O–H groups in total. The van der Waals surface area contributed by atoms with Gasteiger partial charge >= 0.3 is 0 Å². The molecule has 0 fully saturated rings. The normalized spacial score (nSPS) is 12.0. The topological polar surface area (TPSA) is 52.3 Å². The van der Waals surface area contributed by atoms with E-state index in [2.05, 4.69) is 0 Å². The van der Waals surface area contributed by atoms with Crippen LogP contribution in [0.2, 0.25) is 5.02 Å². The summed E-state index contributed by atoms with van der Waals surface area (Å²) in [7, 11) is 0. The lowest BCUT2D eigenvalue weighted by Gasteiger charge is -2.14. The number of carbonyl (C=O) groups excluding carboxylic acids is 1. The summed E-state index contributed by atoms with van der Waals surface area (Å²) in [5.41, 5.74) is 5.97. The van der Waals surface area contributed by atoms with Crippen LogP contribution in [0, 0.1) is 11.7 Å². The van der Waals surface area contributed by atoms with Gasteiger partial charge < -0.3 is 10.5 Å². The van der Waals surface area contributed by atoms with E-state index in [4.69, 9.17) is 22.1 Å². The molecule has 0 bridgehead atoms. The van der Waals surface area contributed by atoms with Gasteiger partial charge in [-0.25, -0.2) is 4.39 Å². The number of hydrogen-bond acceptors (Lipinski definition) is 3. The summed E-state index contributed by atoms with van der Waals surface area (Å²) in [6.07, 6.45) is 2.99. The van der Waals surface area contributed by atoms with Gasteiger partial charge in [0.25, 0.3) is 0 Å². The Labute approximate surface area is 159 Å². The fourth-order valence-electron chi connectivity index (χ4n) is 2.76. The van der Waals surface area contributed by atoms with Crippen molar-refractivity contribution in [2.75, 3.05) is 6.54 Å². The molecule has 26 heavy (non-hydrogen) atoms. The van der Waals surface area contributed by atoms with Crippen LogP contribution >= 0.6 is 11.6 Å². The van der Waals surface area contributed by atoms with Gasteiger partial charge in [0.2, 0.25) is 0 Å². The molecule has 0 radical (unpaired) electrons. The lowest BCUT2D eigenvalue weighted by Crippen LogP contribution is -2.09. The predicted molar refractivity (Wildman–Crippen MR) is 103 cm³/mol. The lowest BCUT2D eigenvalue weighted by atomic mass is 9.95. The number of ether oxygens (including phenoxy) is 1. The zero-order valence-corrected chi connectivity index (χ0v) is 15.8. The van der Waals surface area contributed by atoms with Crippen molar-refractivity contribution in [3.8, 4) is 11.5 Å². The Bertz CT molecular complexity index is 721. The molecule has 0 amide bonds. The van der Waals surface area contributed by atoms with Crippen LogP contribution in [0.15, 0.2) is 42.5 Å². The molecule has 2 aromatic carbocycles. The number of hydrogen-bond donors (Lipinski definition) is 1. The molecule has 0 aliphatic rings. The number of halogens is 2. The van der Waals surface area contributed by atoms with E-state index in [-0.39, 0.29) is 22.5 Å². The van der Waals surface area contributed by atoms with Crippen molar-refractivity contribution in [1.29, 1.82) is 0 Å². The third kappa shape index (κ3) is 6.11. The standard InChI is InChI=1S/C21H25ClFNO2/c1-15(14-17(25)6-5-13-24)9-10-16-11-12-19(22)21(20(16)23)26-18-7-3-2-4-8-18/h2-4,7-8,11-12,15H,5-6,9-10,13-14,24H2,1H3/t15-/m0/s1. The second-order valence-electron chi connectivity index (χ2n) is 6.54. The van der Waals surface area contributed by atoms with Crippen molar-refractivity contribution in [1.82, 2.24) is 0 Å². The minimum absolute atomic E-state index is 0.0436. The van der Waals surface area contributed by atoms with E-state index in [1.54, 1.807) is 24.3 Å². The maximum absolute atomic E-state index is 14.8. The first-order valence-electron chi connectivity index (χ1n) is 8.92. The van der Waals surface area contributed by atoms with Crippen molar-refractivity contribution in [3.63, 3.8) is 0 Å². The molecule has 3 nitrogen and oxygen atoms in total. The van der Waals surface area contributed by atoms with E-state index in [1.807, 2.05) is 25.1 Å². The number of rotatable bonds is 10. The number of Topliss-reactive ketones (excluding diaryl/α,β-unsaturated/α-hetero) is 1. The first-order chi connectivity index (χ1) is 12.5. The van der Waals surface area contributed by atoms with Gasteiger partial charge in [0, 0.05) is 12.8 Å². The molecular formula is C21H25ClFNO2. The van der Waals surface area contributed by atoms with E-state index in [0.29, 0.717) is 37.1 Å². The molecular weight excluding hydrogens is 353 g/mol. The Balaban J connectivity index is 1.99. The molecule has 5 heteroatoms. The average molecular weight is 378 g/mol. The van der Waals surface area contributed by atoms with E-state index in [1.165, 1.54) is 0 Å². The van der Waals surface area contributed by atoms with Crippen LogP contribution in [0.5, 0.6) is 11.5 Å². The van der Waals surface area contributed by atoms with E-state index < -0.39 is 5.82 Å². The van der Waals surface area contributed by atoms with E-state index in [0.717, 1.165) is 12.8 Å². The maximum atomic E-state index is 14.8. The zero-order valence-electron chi connectivity index (χ0n) is 15.0. The highest BCUT2D eigenvalue weighted by Crippen LogP contribution is 2.34. The number of nitrogens with two attached hydrogens (primary N) is 1. The molecule has 2 aromatic rings. The summed E-state index contributed by atoms with van der Waals surface area (Å²) in [6, 6.07) is 12.3. The maximum Gasteiger partial charge on any atom is 0.181 e. The molecule has 0 saturated carbocycles. The van der Waals surface area contributed by atoms with Crippen molar-refractivity contribution in [3.05, 3.63) is 58.9 Å². The average Bonchev–Trinajstić information content (AvgIpc) is 2.63. The fraction of sp³-hybridized carbons (Fsp3) is 0.381. The molecule has 0 unspecified atom stereocenters. The zero-order chi connectivity index (χ0) is 18.9. The van der Waals surface area contributed by atoms with Crippen molar-refractivity contribution in [2.45, 2.75) is 39.0 Å². The first kappa shape index (κ1) is 20.4. The Hall–Kier alpha value is -1.91. The van der Waals surface area contributed by atoms with Crippen LogP contribution < -0.4 is 10.5 Å². The van der Waals surface area contributed by atoms with E-state index >= 15 is 0 Å². The highest BCUT2D eigenvalue weighted by molar-refractivity contribution is 6.32. The van der Waals surface area contributed by atoms with Crippen molar-refractivity contribution >= 4 is 17.4 Å². The van der Waals surface area contributed by atoms with Gasteiger partial charge in [-0.3, -0.25) is 4.79 Å². The highest BCUT2D eigenvalue weighted by atomic mass is 35.5. The SMILES string of the molecule is C[C@@H](CCc1ccc(Cl)c(Oc2ccccc2)c1F)CC(=O)CCCN. The second-order valence-corrected chi connectivity index (χ2v) is 6.95. The third-order valence-electron chi connectivity index (χ3n) is 4.23. The predicted octanol–water partition coefficient (Wildman–Crippen LogP) is 5.54. The minimum Gasteiger partial charge on any atom is -0.453 e. The first-order valence-corrected chi connectivity index (χ1v) is 9.30. The van der Waals surface area contributed by atoms with Gasteiger partial charge in [-0.15, -0.1) is 0 Å². The second kappa shape index (κ2) is 10.3. The van der Waals surface area contributed by atoms with Crippen LogP contribution in [-0.4, -0.2) is 12.3 Å². The van der Waals surface area contributed by atoms with Gasteiger partial charge in [0.05, 0.1) is 5.02 Å². The quantitative estimate of drug-likeness (QED) is 0.591. The largest absolute Gasteiger partial charge is 0.453 e. The van der Waals surface area contributed by atoms with Crippen LogP contribution in [0.3, 0.4) is 0 Å². The summed E-state index contributed by atoms with van der Waals surface area (Å²) < 4.78 is 20.4. The van der Waals surface area contributed by atoms with Crippen LogP contribution in [-0.2, 0) is 11.2 Å². The molecule has 0 aliphatic carbocycles. The van der Waals surface area contributed by atoms with Gasteiger partial charge in [-0.05, 0) is 55.5 Å². The molecule has 0 spiro atoms. The summed E-state index contributed by atoms with van der Waals surface area (Å²) >= 11 is 6.11. The molecule has 2 rings (SSSR count). The van der Waals surface area contributed by atoms with Gasteiger partial charge in [0.1, 0.15) is 11.5 Å². The third-order valence-corrected chi connectivity index (χ3v) is 4.53. The van der Waals surface area contributed by atoms with Crippen molar-refractivity contribution in [2.24, 2.45) is 11.7 Å². The molecule has 0 heterocycles. The number of carbonyl (C=O) groups is 1. The van der Waals surface area contributed by atoms with E-state index in [9.17, 15) is 9.18 Å². The number of aryl methyl sites for hydroxylation is 1. The molecule has 140 valence electrons. The number of para-hydroxylation sites is 1. The van der Waals surface area contributed by atoms with Crippen molar-refractivity contribution < 1.29 is 13.9 Å². The fourth-order valence-corrected chi connectivity index (χ4v) is 2.94. The van der Waals surface area contributed by atoms with Crippen LogP contribution in [0.25, 0.3) is 0 Å². The van der Waals surface area contributed by atoms with Crippen LogP contribution in [0.4, 0.5) is 4.39 Å². The van der Waals surface area contributed by atoms with Gasteiger partial charge in [-0.1, -0.05) is 42.8 Å². The summed E-state index contributed by atoms with van der Waals surface area (Å²) in [6.45, 7) is 2.54. The Morgan fingerprint density at radius 3 is 2.65 bits per heavy atom. The minimum atomic E-state index is -0.442. The molecule has 1 atom stereocenters. The van der Waals surface area contributed by atoms with Gasteiger partial charge in [-0.2, -0.15) is 0 Å². The Morgan fingerprint density at radius 1 is 1.23 bits per heavy atom. The molecule has 0 aliphatic heterocycles. The molecule has 0 saturated heterocycles. The summed E-state index contributed by atoms with van der Waals surface area (Å²) in [4.78, 5) is 11.8. The van der Waals surface area contributed by atoms with Crippen LogP contribution in [0.1, 0.15) is 38.2 Å². The number of ketones is 1. The highest BCUT2D eigenvalue weighted by Gasteiger charge is 2.16. The summed E-state index contributed by atoms with van der Waals surface area (Å²) in [5, 5.41) is 0.236. The Morgan fingerprint density at radius 2 is 1.96 bits per heavy atom. The lowest BCUT2D eigenvalue weighted by molar-refractivity contribution is -0.119. The smallest absolute Gasteiger partial charge is 0.181 e.